The van der Waals surface area contributed by atoms with Gasteiger partial charge in [-0.15, -0.1) is 6.58 Å². The monoisotopic (exact) mass is 270 g/mol. The van der Waals surface area contributed by atoms with Crippen LogP contribution in [-0.4, -0.2) is 23.6 Å². The molecule has 0 saturated heterocycles. The fourth-order valence-electron chi connectivity index (χ4n) is 1.73. The van der Waals surface area contributed by atoms with Crippen molar-refractivity contribution in [2.75, 3.05) is 24.3 Å². The Balaban J connectivity index is 2.21. The van der Waals surface area contributed by atoms with Crippen LogP contribution in [0.15, 0.2) is 43.1 Å². The molecule has 1 aromatic heterocycles. The molecule has 0 radical (unpaired) electrons. The largest absolute Gasteiger partial charge is 0.495 e. The van der Waals surface area contributed by atoms with E-state index in [4.69, 9.17) is 4.74 Å². The summed E-state index contributed by atoms with van der Waals surface area (Å²) in [4.78, 5) is 8.58. The van der Waals surface area contributed by atoms with Crippen LogP contribution in [0.1, 0.15) is 5.56 Å². The van der Waals surface area contributed by atoms with Crippen LogP contribution in [0.3, 0.4) is 0 Å². The quantitative estimate of drug-likeness (QED) is 0.790. The highest BCUT2D eigenvalue weighted by Gasteiger charge is 2.05. The molecule has 1 heterocycles. The van der Waals surface area contributed by atoms with Crippen LogP contribution in [0.5, 0.6) is 5.75 Å². The van der Waals surface area contributed by atoms with Gasteiger partial charge >= 0.3 is 0 Å². The predicted octanol–water partition coefficient (Wildman–Crippen LogP) is 3.14. The van der Waals surface area contributed by atoms with E-state index in [0.717, 1.165) is 22.8 Å². The van der Waals surface area contributed by atoms with Gasteiger partial charge in [0.05, 0.1) is 12.8 Å². The lowest BCUT2D eigenvalue weighted by Crippen LogP contribution is -2.04. The molecule has 0 unspecified atom stereocenters. The highest BCUT2D eigenvalue weighted by atomic mass is 16.5. The lowest BCUT2D eigenvalue weighted by atomic mass is 10.2. The van der Waals surface area contributed by atoms with E-state index in [1.165, 1.54) is 0 Å². The van der Waals surface area contributed by atoms with Crippen LogP contribution in [0, 0.1) is 6.92 Å². The van der Waals surface area contributed by atoms with Crippen molar-refractivity contribution in [3.63, 3.8) is 0 Å². The number of anilines is 3. The molecule has 1 aromatic carbocycles. The first-order valence-electron chi connectivity index (χ1n) is 6.32. The number of methoxy groups -OCH3 is 1. The molecule has 2 rings (SSSR count). The van der Waals surface area contributed by atoms with Gasteiger partial charge in [-0.3, -0.25) is 0 Å². The van der Waals surface area contributed by atoms with Gasteiger partial charge in [0.25, 0.3) is 0 Å². The van der Waals surface area contributed by atoms with E-state index < -0.39 is 0 Å². The van der Waals surface area contributed by atoms with E-state index in [9.17, 15) is 0 Å². The van der Waals surface area contributed by atoms with Crippen LogP contribution in [-0.2, 0) is 0 Å². The summed E-state index contributed by atoms with van der Waals surface area (Å²) in [6.45, 7) is 6.34. The van der Waals surface area contributed by atoms with Crippen molar-refractivity contribution in [3.8, 4) is 5.75 Å². The average Bonchev–Trinajstić information content (AvgIpc) is 2.46. The maximum absolute atomic E-state index is 5.32. The van der Waals surface area contributed by atoms with Gasteiger partial charge in [-0.2, -0.15) is 4.98 Å². The molecule has 0 saturated carbocycles. The van der Waals surface area contributed by atoms with Gasteiger partial charge in [0.2, 0.25) is 5.95 Å². The number of nitrogens with one attached hydrogen (secondary N) is 2. The Morgan fingerprint density at radius 1 is 1.35 bits per heavy atom. The Kier molecular flexibility index (Phi) is 4.55. The molecular weight excluding hydrogens is 252 g/mol. The van der Waals surface area contributed by atoms with Gasteiger partial charge in [0, 0.05) is 12.7 Å². The normalized spacial score (nSPS) is 9.90. The third-order valence-electron chi connectivity index (χ3n) is 2.68. The predicted molar refractivity (Wildman–Crippen MR) is 81.7 cm³/mol. The van der Waals surface area contributed by atoms with Crippen LogP contribution in [0.25, 0.3) is 0 Å². The highest BCUT2D eigenvalue weighted by Crippen LogP contribution is 2.27. The van der Waals surface area contributed by atoms with E-state index in [1.54, 1.807) is 19.4 Å². The van der Waals surface area contributed by atoms with Crippen LogP contribution in [0.4, 0.5) is 17.5 Å². The molecule has 0 aliphatic carbocycles. The number of hydrogen-bond donors (Lipinski definition) is 2. The molecule has 2 aromatic rings. The van der Waals surface area contributed by atoms with E-state index in [1.807, 2.05) is 31.2 Å². The first-order valence-corrected chi connectivity index (χ1v) is 6.32. The maximum Gasteiger partial charge on any atom is 0.229 e. The Morgan fingerprint density at radius 2 is 2.20 bits per heavy atom. The molecule has 0 aliphatic rings. The fraction of sp³-hybridized carbons (Fsp3) is 0.200. The summed E-state index contributed by atoms with van der Waals surface area (Å²) in [6.07, 6.45) is 3.47. The third-order valence-corrected chi connectivity index (χ3v) is 2.68. The van der Waals surface area contributed by atoms with Crippen molar-refractivity contribution in [1.82, 2.24) is 9.97 Å². The van der Waals surface area contributed by atoms with Crippen molar-refractivity contribution in [2.24, 2.45) is 0 Å². The highest BCUT2D eigenvalue weighted by molar-refractivity contribution is 5.64. The van der Waals surface area contributed by atoms with E-state index in [2.05, 4.69) is 27.2 Å². The second kappa shape index (κ2) is 6.56. The fourth-order valence-corrected chi connectivity index (χ4v) is 1.73. The molecule has 0 bridgehead atoms. The summed E-state index contributed by atoms with van der Waals surface area (Å²) in [5, 5.41) is 6.29. The first-order chi connectivity index (χ1) is 9.72. The molecule has 5 nitrogen and oxygen atoms in total. The van der Waals surface area contributed by atoms with Gasteiger partial charge in [0.15, 0.2) is 0 Å². The maximum atomic E-state index is 5.32. The van der Waals surface area contributed by atoms with Crippen LogP contribution < -0.4 is 15.4 Å². The molecular formula is C15H18N4O. The molecule has 20 heavy (non-hydrogen) atoms. The number of aromatic nitrogens is 2. The topological polar surface area (TPSA) is 59.1 Å². The minimum atomic E-state index is 0.517. The Bertz CT molecular complexity index is 598. The lowest BCUT2D eigenvalue weighted by Gasteiger charge is -2.11. The molecule has 0 fully saturated rings. The smallest absolute Gasteiger partial charge is 0.229 e. The van der Waals surface area contributed by atoms with Crippen molar-refractivity contribution < 1.29 is 4.74 Å². The number of nitrogens with zero attached hydrogens (tertiary/aromatic N) is 2. The molecule has 0 aliphatic heterocycles. The number of hydrogen-bond acceptors (Lipinski definition) is 5. The second-order valence-electron chi connectivity index (χ2n) is 4.26. The van der Waals surface area contributed by atoms with Crippen LogP contribution >= 0.6 is 0 Å². The summed E-state index contributed by atoms with van der Waals surface area (Å²) >= 11 is 0. The van der Waals surface area contributed by atoms with E-state index in [0.29, 0.717) is 12.5 Å². The Hall–Kier alpha value is -2.56. The standard InChI is InChI=1S/C15H18N4O/c1-4-8-16-14-7-9-17-15(19-14)18-12-10-11(2)5-6-13(12)20-3/h4-7,9-10H,1,8H2,2-3H3,(H2,16,17,18,19). The number of rotatable bonds is 6. The van der Waals surface area contributed by atoms with Crippen molar-refractivity contribution in [1.29, 1.82) is 0 Å². The second-order valence-corrected chi connectivity index (χ2v) is 4.26. The zero-order valence-electron chi connectivity index (χ0n) is 11.7. The van der Waals surface area contributed by atoms with Gasteiger partial charge in [-0.1, -0.05) is 12.1 Å². The summed E-state index contributed by atoms with van der Waals surface area (Å²) in [5.74, 6) is 2.01. The van der Waals surface area contributed by atoms with Crippen LogP contribution in [0.2, 0.25) is 0 Å². The zero-order chi connectivity index (χ0) is 14.4. The summed E-state index contributed by atoms with van der Waals surface area (Å²) in [6, 6.07) is 7.71. The molecule has 104 valence electrons. The van der Waals surface area contributed by atoms with Gasteiger partial charge in [-0.05, 0) is 30.7 Å². The minimum Gasteiger partial charge on any atom is -0.495 e. The Labute approximate surface area is 118 Å². The van der Waals surface area contributed by atoms with Gasteiger partial charge < -0.3 is 15.4 Å². The first kappa shape index (κ1) is 13.9. The van der Waals surface area contributed by atoms with E-state index in [-0.39, 0.29) is 0 Å². The SMILES string of the molecule is C=CCNc1ccnc(Nc2cc(C)ccc2OC)n1. The zero-order valence-corrected chi connectivity index (χ0v) is 11.7. The van der Waals surface area contributed by atoms with Gasteiger partial charge in [0.1, 0.15) is 11.6 Å². The van der Waals surface area contributed by atoms with Crippen molar-refractivity contribution >= 4 is 17.5 Å². The van der Waals surface area contributed by atoms with Crippen molar-refractivity contribution in [3.05, 3.63) is 48.7 Å². The molecule has 5 heteroatoms. The number of aryl methyl sites for hydroxylation is 1. The average molecular weight is 270 g/mol. The summed E-state index contributed by atoms with van der Waals surface area (Å²) in [7, 11) is 1.64. The summed E-state index contributed by atoms with van der Waals surface area (Å²) in [5.41, 5.74) is 1.97. The molecule has 0 spiro atoms. The molecule has 0 amide bonds. The molecule has 0 atom stereocenters. The number of benzene rings is 1. The van der Waals surface area contributed by atoms with E-state index >= 15 is 0 Å². The minimum absolute atomic E-state index is 0.517. The third kappa shape index (κ3) is 3.47. The molecule has 2 N–H and O–H groups in total. The summed E-state index contributed by atoms with van der Waals surface area (Å²) < 4.78 is 5.32. The van der Waals surface area contributed by atoms with Crippen molar-refractivity contribution in [2.45, 2.75) is 6.92 Å². The lowest BCUT2D eigenvalue weighted by molar-refractivity contribution is 0.416. The van der Waals surface area contributed by atoms with Gasteiger partial charge in [-0.25, -0.2) is 4.98 Å². The number of ether oxygens (including phenoxy) is 1. The Morgan fingerprint density at radius 3 is 2.95 bits per heavy atom.